The monoisotopic (exact) mass is 386 g/mol. The van der Waals surface area contributed by atoms with Crippen LogP contribution in [0.3, 0.4) is 0 Å². The van der Waals surface area contributed by atoms with Crippen LogP contribution in [0.2, 0.25) is 5.32 Å². The van der Waals surface area contributed by atoms with E-state index < -0.39 is 17.9 Å². The first kappa shape index (κ1) is 18.0. The van der Waals surface area contributed by atoms with Gasteiger partial charge in [-0.2, -0.15) is 0 Å². The van der Waals surface area contributed by atoms with Crippen molar-refractivity contribution in [3.8, 4) is 0 Å². The Morgan fingerprint density at radius 2 is 1.74 bits per heavy atom. The van der Waals surface area contributed by atoms with Crippen LogP contribution in [0.25, 0.3) is 0 Å². The van der Waals surface area contributed by atoms with E-state index in [1.54, 1.807) is 0 Å². The summed E-state index contributed by atoms with van der Waals surface area (Å²) in [6, 6.07) is 10.4. The summed E-state index contributed by atoms with van der Waals surface area (Å²) in [5, 5.41) is 1.04. The molecule has 1 aromatic carbocycles. The average Bonchev–Trinajstić information content (AvgIpc) is 3.04. The zero-order chi connectivity index (χ0) is 16.7. The molecule has 1 aliphatic heterocycles. The molecule has 0 aliphatic carbocycles. The summed E-state index contributed by atoms with van der Waals surface area (Å²) in [5.41, 5.74) is 0. The molecular weight excluding hydrogens is 363 g/mol. The minimum atomic E-state index is -0.858. The summed E-state index contributed by atoms with van der Waals surface area (Å²) in [5.74, 6) is -1.37. The summed E-state index contributed by atoms with van der Waals surface area (Å²) < 4.78 is 16.4. The van der Waals surface area contributed by atoms with Crippen LogP contribution < -0.4 is 4.46 Å². The maximum atomic E-state index is 11.8. The van der Waals surface area contributed by atoms with Crippen LogP contribution in [-0.4, -0.2) is 54.3 Å². The first-order valence-corrected chi connectivity index (χ1v) is 9.63. The molecule has 5 nitrogen and oxygen atoms in total. The molecule has 2 atom stereocenters. The number of benzene rings is 1. The Morgan fingerprint density at radius 3 is 2.35 bits per heavy atom. The van der Waals surface area contributed by atoms with Gasteiger partial charge in [-0.3, -0.25) is 0 Å². The third kappa shape index (κ3) is 5.06. The van der Waals surface area contributed by atoms with Crippen molar-refractivity contribution in [1.82, 2.24) is 0 Å². The van der Waals surface area contributed by atoms with E-state index in [0.29, 0.717) is 40.5 Å². The Kier molecular flexibility index (Phi) is 7.09. The van der Waals surface area contributed by atoms with Crippen LogP contribution in [-0.2, 0) is 23.8 Å². The summed E-state index contributed by atoms with van der Waals surface area (Å²) >= 11 is 0.365. The molecule has 1 saturated heterocycles. The molecule has 0 unspecified atom stereocenters. The number of hydrogen-bond acceptors (Lipinski definition) is 5. The number of carbonyl (C=O) groups excluding carboxylic acids is 2. The van der Waals surface area contributed by atoms with Crippen molar-refractivity contribution in [3.05, 3.63) is 30.3 Å². The average molecular weight is 385 g/mol. The van der Waals surface area contributed by atoms with Gasteiger partial charge in [-0.25, -0.2) is 0 Å². The molecule has 0 spiro atoms. The molecule has 126 valence electrons. The normalized spacial score (nSPS) is 20.5. The van der Waals surface area contributed by atoms with Gasteiger partial charge in [-0.1, -0.05) is 0 Å². The second-order valence-corrected chi connectivity index (χ2v) is 7.81. The molecule has 1 aliphatic rings. The minimum absolute atomic E-state index is 0.184. The van der Waals surface area contributed by atoms with Crippen molar-refractivity contribution in [2.75, 3.05) is 27.4 Å². The fraction of sp³-hybridized carbons (Fsp3) is 0.529. The van der Waals surface area contributed by atoms with Crippen molar-refractivity contribution in [3.63, 3.8) is 0 Å². The molecule has 0 aromatic heterocycles. The SMILES string of the molecule is COC(=O)C(C[C@@H]1COC[C@@H]1C[Se]c1ccccc1)C(=O)OC. The molecule has 0 N–H and O–H groups in total. The van der Waals surface area contributed by atoms with Gasteiger partial charge in [0.05, 0.1) is 0 Å². The fourth-order valence-corrected chi connectivity index (χ4v) is 5.04. The molecule has 0 bridgehead atoms. The van der Waals surface area contributed by atoms with E-state index in [0.717, 1.165) is 5.32 Å². The van der Waals surface area contributed by atoms with Crippen LogP contribution in [0.15, 0.2) is 30.3 Å². The van der Waals surface area contributed by atoms with Gasteiger partial charge in [0.25, 0.3) is 0 Å². The van der Waals surface area contributed by atoms with Crippen LogP contribution in [0.1, 0.15) is 6.42 Å². The van der Waals surface area contributed by atoms with Crippen molar-refractivity contribution >= 4 is 31.4 Å². The van der Waals surface area contributed by atoms with Crippen LogP contribution >= 0.6 is 0 Å². The number of esters is 2. The summed E-state index contributed by atoms with van der Waals surface area (Å²) in [7, 11) is 2.58. The molecule has 1 fully saturated rings. The number of rotatable bonds is 7. The fourth-order valence-electron chi connectivity index (χ4n) is 2.68. The van der Waals surface area contributed by atoms with Crippen molar-refractivity contribution < 1.29 is 23.8 Å². The Hall–Kier alpha value is -1.36. The summed E-state index contributed by atoms with van der Waals surface area (Å²) in [6.07, 6.45) is 0.425. The molecule has 0 radical (unpaired) electrons. The van der Waals surface area contributed by atoms with E-state index >= 15 is 0 Å². The van der Waals surface area contributed by atoms with Gasteiger partial charge in [0, 0.05) is 0 Å². The quantitative estimate of drug-likeness (QED) is 0.399. The summed E-state index contributed by atoms with van der Waals surface area (Å²) in [4.78, 5) is 23.7. The van der Waals surface area contributed by atoms with E-state index in [9.17, 15) is 9.59 Å². The zero-order valence-electron chi connectivity index (χ0n) is 13.4. The van der Waals surface area contributed by atoms with E-state index in [4.69, 9.17) is 14.2 Å². The van der Waals surface area contributed by atoms with E-state index in [2.05, 4.69) is 12.1 Å². The summed E-state index contributed by atoms with van der Waals surface area (Å²) in [6.45, 7) is 1.27. The predicted molar refractivity (Wildman–Crippen MR) is 86.6 cm³/mol. The van der Waals surface area contributed by atoms with Crippen LogP contribution in [0.4, 0.5) is 0 Å². The first-order chi connectivity index (χ1) is 11.2. The second-order valence-electron chi connectivity index (χ2n) is 5.52. The number of hydrogen-bond donors (Lipinski definition) is 0. The number of ether oxygens (including phenoxy) is 3. The van der Waals surface area contributed by atoms with E-state index in [1.165, 1.54) is 18.7 Å². The molecule has 1 heterocycles. The third-order valence-electron chi connectivity index (χ3n) is 4.05. The van der Waals surface area contributed by atoms with E-state index in [-0.39, 0.29) is 5.92 Å². The number of carbonyl (C=O) groups is 2. The van der Waals surface area contributed by atoms with Gasteiger partial charge in [0.2, 0.25) is 0 Å². The predicted octanol–water partition coefficient (Wildman–Crippen LogP) is 1.05. The topological polar surface area (TPSA) is 61.8 Å². The van der Waals surface area contributed by atoms with Gasteiger partial charge >= 0.3 is 142 Å². The van der Waals surface area contributed by atoms with Crippen LogP contribution in [0.5, 0.6) is 0 Å². The molecule has 1 aromatic rings. The molecular formula is C17H22O5Se. The molecule has 0 amide bonds. The maximum absolute atomic E-state index is 11.8. The van der Waals surface area contributed by atoms with Crippen molar-refractivity contribution in [2.24, 2.45) is 17.8 Å². The van der Waals surface area contributed by atoms with Crippen LogP contribution in [0, 0.1) is 17.8 Å². The van der Waals surface area contributed by atoms with Gasteiger partial charge < -0.3 is 0 Å². The Labute approximate surface area is 142 Å². The Morgan fingerprint density at radius 1 is 1.13 bits per heavy atom. The van der Waals surface area contributed by atoms with Gasteiger partial charge in [0.15, 0.2) is 0 Å². The molecule has 23 heavy (non-hydrogen) atoms. The Balaban J connectivity index is 1.94. The molecule has 6 heteroatoms. The first-order valence-electron chi connectivity index (χ1n) is 7.57. The molecule has 0 saturated carbocycles. The van der Waals surface area contributed by atoms with Gasteiger partial charge in [0.1, 0.15) is 0 Å². The second kappa shape index (κ2) is 9.06. The molecule has 2 rings (SSSR count). The van der Waals surface area contributed by atoms with E-state index in [1.807, 2.05) is 18.2 Å². The third-order valence-corrected chi connectivity index (χ3v) is 6.57. The zero-order valence-corrected chi connectivity index (χ0v) is 15.1. The Bertz CT molecular complexity index is 503. The van der Waals surface area contributed by atoms with Crippen molar-refractivity contribution in [1.29, 1.82) is 0 Å². The van der Waals surface area contributed by atoms with Gasteiger partial charge in [-0.05, 0) is 0 Å². The number of methoxy groups -OCH3 is 2. The van der Waals surface area contributed by atoms with Gasteiger partial charge in [-0.15, -0.1) is 0 Å². The standard InChI is InChI=1S/C17H22O5Se/c1-20-16(18)15(17(19)21-2)8-12-9-22-10-13(12)11-23-14-6-4-3-5-7-14/h3-7,12-13,15H,8-11H2,1-2H3/t12-,13-/m1/s1. The van der Waals surface area contributed by atoms with Crippen molar-refractivity contribution in [2.45, 2.75) is 11.7 Å².